The lowest BCUT2D eigenvalue weighted by Crippen LogP contribution is -2.61. The minimum absolute atomic E-state index is 0.0104. The van der Waals surface area contributed by atoms with E-state index in [1.54, 1.807) is 91.0 Å². The van der Waals surface area contributed by atoms with Gasteiger partial charge in [0.05, 0.1) is 13.0 Å². The number of guanidine groups is 1. The van der Waals surface area contributed by atoms with E-state index in [2.05, 4.69) is 36.9 Å². The number of hydrogen-bond acceptors (Lipinski definition) is 10. The maximum absolute atomic E-state index is 14.5. The van der Waals surface area contributed by atoms with Crippen LogP contribution in [0.5, 0.6) is 0 Å². The van der Waals surface area contributed by atoms with Gasteiger partial charge >= 0.3 is 0 Å². The van der Waals surface area contributed by atoms with Gasteiger partial charge in [-0.2, -0.15) is 0 Å². The Morgan fingerprint density at radius 2 is 0.986 bits per heavy atom. The highest BCUT2D eigenvalue weighted by atomic mass is 16.2. The highest BCUT2D eigenvalue weighted by molar-refractivity contribution is 5.99. The molecule has 3 aromatic carbocycles. The van der Waals surface area contributed by atoms with Crippen LogP contribution in [-0.4, -0.2) is 137 Å². The van der Waals surface area contributed by atoms with Crippen molar-refractivity contribution in [3.05, 3.63) is 108 Å². The van der Waals surface area contributed by atoms with E-state index >= 15 is 0 Å². The van der Waals surface area contributed by atoms with E-state index in [4.69, 9.17) is 17.2 Å². The van der Waals surface area contributed by atoms with Crippen LogP contribution < -0.4 is 49.1 Å². The molecule has 3 aliphatic heterocycles. The van der Waals surface area contributed by atoms with Gasteiger partial charge in [-0.15, -0.1) is 0 Å². The van der Waals surface area contributed by atoms with Gasteiger partial charge in [0.25, 0.3) is 0 Å². The number of fused-ring (bicyclic) bond motifs is 2. The van der Waals surface area contributed by atoms with Gasteiger partial charge in [0.15, 0.2) is 5.96 Å². The monoisotopic (exact) mass is 962 g/mol. The summed E-state index contributed by atoms with van der Waals surface area (Å²) in [5, 5.41) is 16.0. The van der Waals surface area contributed by atoms with Crippen molar-refractivity contribution in [1.82, 2.24) is 41.7 Å². The number of carbonyl (C=O) groups excluding carboxylic acids is 9. The number of nitrogens with zero attached hydrogens (tertiary/aromatic N) is 3. The molecule has 3 aromatic rings. The molecule has 21 nitrogen and oxygen atoms in total. The minimum Gasteiger partial charge on any atom is -0.370 e. The Morgan fingerprint density at radius 3 is 1.50 bits per heavy atom. The van der Waals surface area contributed by atoms with Gasteiger partial charge in [0.1, 0.15) is 42.3 Å². The third-order valence-corrected chi connectivity index (χ3v) is 12.4. The number of primary amides is 1. The van der Waals surface area contributed by atoms with E-state index in [0.717, 1.165) is 0 Å². The lowest BCUT2D eigenvalue weighted by molar-refractivity contribution is -0.148. The maximum atomic E-state index is 14.5. The second-order valence-electron chi connectivity index (χ2n) is 17.7. The molecule has 3 saturated heterocycles. The maximum Gasteiger partial charge on any atom is 0.246 e. The summed E-state index contributed by atoms with van der Waals surface area (Å²) in [7, 11) is 0. The van der Waals surface area contributed by atoms with E-state index in [9.17, 15) is 43.2 Å². The van der Waals surface area contributed by atoms with Crippen LogP contribution in [0.4, 0.5) is 0 Å². The standard InChI is InChI=1S/C49H62N12O9/c50-40(62)28-36-42(64)54-29-41(63)55-37(27-32-17-8-3-9-18-32)47(69)61-24-12-21-39(61)48(70)60-23-11-20-38(60)46(68)56-33(19-10-22-53-49(51)52)43(65)57-34(25-30-13-4-1-5-14-30)44(66)58-35(45(67)59-36)26-31-15-6-2-7-16-31/h1-9,13-18,33-39H,10-12,19-29H2,(H2,50,62)(H,54,64)(H,55,63)(H,56,68)(H,57,65)(H,58,66)(H,59,67)(H4,51,52,53)/t33-,34-,35-,36-,37-,38-,39+/m0/s1. The van der Waals surface area contributed by atoms with Crippen LogP contribution in [0.2, 0.25) is 0 Å². The molecule has 12 N–H and O–H groups in total. The summed E-state index contributed by atoms with van der Waals surface area (Å²) in [5.74, 6) is -6.96. The van der Waals surface area contributed by atoms with Crippen LogP contribution in [0.25, 0.3) is 0 Å². The fraction of sp³-hybridized carbons (Fsp3) is 0.429. The Balaban J connectivity index is 1.37. The zero-order valence-corrected chi connectivity index (χ0v) is 38.8. The normalized spacial score (nSPS) is 24.4. The molecular formula is C49H62N12O9. The number of aliphatic imine (C=N–C) groups is 1. The molecule has 3 aliphatic rings. The van der Waals surface area contributed by atoms with Crippen molar-refractivity contribution >= 4 is 59.1 Å². The number of nitrogens with one attached hydrogen (secondary N) is 6. The van der Waals surface area contributed by atoms with E-state index < -0.39 is 108 Å². The summed E-state index contributed by atoms with van der Waals surface area (Å²) in [5.41, 5.74) is 18.6. The van der Waals surface area contributed by atoms with Crippen LogP contribution >= 0.6 is 0 Å². The lowest BCUT2D eigenvalue weighted by atomic mass is 10.0. The fourth-order valence-electron chi connectivity index (χ4n) is 8.95. The van der Waals surface area contributed by atoms with Crippen molar-refractivity contribution in [2.45, 2.75) is 107 Å². The van der Waals surface area contributed by atoms with Gasteiger partial charge in [-0.1, -0.05) is 91.0 Å². The average Bonchev–Trinajstić information content (AvgIpc) is 4.05. The van der Waals surface area contributed by atoms with Gasteiger partial charge in [0, 0.05) is 38.9 Å². The van der Waals surface area contributed by atoms with E-state index in [1.165, 1.54) is 9.80 Å². The highest BCUT2D eigenvalue weighted by Crippen LogP contribution is 2.26. The fourth-order valence-corrected chi connectivity index (χ4v) is 8.95. The number of benzene rings is 3. The van der Waals surface area contributed by atoms with Crippen molar-refractivity contribution < 1.29 is 43.2 Å². The predicted molar refractivity (Wildman–Crippen MR) is 256 cm³/mol. The minimum atomic E-state index is -1.62. The topological polar surface area (TPSA) is 323 Å². The summed E-state index contributed by atoms with van der Waals surface area (Å²) in [6, 6.07) is 17.5. The number of rotatable bonds is 12. The lowest BCUT2D eigenvalue weighted by Gasteiger charge is -2.33. The number of hydrogen-bond donors (Lipinski definition) is 9. The molecule has 0 bridgehead atoms. The molecule has 7 atom stereocenters. The molecule has 0 unspecified atom stereocenters. The van der Waals surface area contributed by atoms with E-state index in [-0.39, 0.29) is 70.5 Å². The Bertz CT molecular complexity index is 2390. The second kappa shape index (κ2) is 25.0. The van der Waals surface area contributed by atoms with Crippen molar-refractivity contribution in [3.63, 3.8) is 0 Å². The summed E-state index contributed by atoms with van der Waals surface area (Å²) >= 11 is 0. The largest absolute Gasteiger partial charge is 0.370 e. The number of carbonyl (C=O) groups is 9. The van der Waals surface area contributed by atoms with Crippen LogP contribution in [-0.2, 0) is 62.4 Å². The van der Waals surface area contributed by atoms with Crippen LogP contribution in [0.1, 0.15) is 61.6 Å². The van der Waals surface area contributed by atoms with Crippen molar-refractivity contribution in [2.75, 3.05) is 26.2 Å². The van der Waals surface area contributed by atoms with Gasteiger partial charge in [0.2, 0.25) is 53.2 Å². The van der Waals surface area contributed by atoms with Gasteiger partial charge < -0.3 is 58.9 Å². The number of nitrogens with two attached hydrogens (primary N) is 3. The zero-order chi connectivity index (χ0) is 50.2. The number of amides is 9. The summed E-state index contributed by atoms with van der Waals surface area (Å²) in [4.78, 5) is 133. The molecule has 372 valence electrons. The van der Waals surface area contributed by atoms with Crippen molar-refractivity contribution in [3.8, 4) is 0 Å². The SMILES string of the molecule is NC(=O)C[C@@H]1NC(=O)[C@H](Cc2ccccc2)NC(=O)[C@H](Cc2ccccc2)NC(=O)[C@H](CCCN=C(N)N)NC(=O)[C@@H]2CCCN2C(=O)[C@H]2CCCN2C(=O)[C@H](Cc2ccccc2)NC(=O)CNC1=O. The van der Waals surface area contributed by atoms with Crippen LogP contribution in [0.3, 0.4) is 0 Å². The first-order chi connectivity index (χ1) is 33.7. The van der Waals surface area contributed by atoms with E-state index in [1.807, 2.05) is 0 Å². The summed E-state index contributed by atoms with van der Waals surface area (Å²) in [6.07, 6.45) is 0.882. The second-order valence-corrected chi connectivity index (χ2v) is 17.7. The van der Waals surface area contributed by atoms with E-state index in [0.29, 0.717) is 29.5 Å². The first-order valence-electron chi connectivity index (χ1n) is 23.5. The molecular weight excluding hydrogens is 901 g/mol. The molecule has 6 rings (SSSR count). The molecule has 0 saturated carbocycles. The summed E-state index contributed by atoms with van der Waals surface area (Å²) < 4.78 is 0. The first-order valence-corrected chi connectivity index (χ1v) is 23.5. The molecule has 3 fully saturated rings. The van der Waals surface area contributed by atoms with Crippen molar-refractivity contribution in [2.24, 2.45) is 22.2 Å². The zero-order valence-electron chi connectivity index (χ0n) is 38.8. The average molecular weight is 963 g/mol. The smallest absolute Gasteiger partial charge is 0.246 e. The molecule has 3 heterocycles. The quantitative estimate of drug-likeness (QED) is 0.0553. The van der Waals surface area contributed by atoms with Crippen molar-refractivity contribution in [1.29, 1.82) is 0 Å². The van der Waals surface area contributed by atoms with Gasteiger partial charge in [-0.3, -0.25) is 48.1 Å². The molecule has 0 radical (unpaired) electrons. The first kappa shape index (κ1) is 51.5. The van der Waals surface area contributed by atoms with Crippen LogP contribution in [0, 0.1) is 0 Å². The molecule has 0 aromatic heterocycles. The Morgan fingerprint density at radius 1 is 0.529 bits per heavy atom. The van der Waals surface area contributed by atoms with Gasteiger partial charge in [-0.25, -0.2) is 0 Å². The third kappa shape index (κ3) is 14.6. The van der Waals surface area contributed by atoms with Gasteiger partial charge in [-0.05, 0) is 55.2 Å². The predicted octanol–water partition coefficient (Wildman–Crippen LogP) is -1.82. The third-order valence-electron chi connectivity index (χ3n) is 12.4. The molecule has 0 aliphatic carbocycles. The molecule has 21 heteroatoms. The Kier molecular flexibility index (Phi) is 18.4. The Hall–Kier alpha value is -7.84. The molecule has 0 spiro atoms. The molecule has 9 amide bonds. The summed E-state index contributed by atoms with van der Waals surface area (Å²) in [6.45, 7) is -0.191. The highest BCUT2D eigenvalue weighted by Gasteiger charge is 2.44. The van der Waals surface area contributed by atoms with Crippen LogP contribution in [0.15, 0.2) is 96.0 Å². The Labute approximate surface area is 405 Å². The molecule has 70 heavy (non-hydrogen) atoms.